The van der Waals surface area contributed by atoms with Crippen molar-refractivity contribution >= 4 is 16.9 Å². The average molecular weight is 359 g/mol. The van der Waals surface area contributed by atoms with Crippen molar-refractivity contribution in [2.24, 2.45) is 0 Å². The van der Waals surface area contributed by atoms with Crippen LogP contribution in [0, 0.1) is 0 Å². The Kier molecular flexibility index (Phi) is 5.34. The average Bonchev–Trinajstić information content (AvgIpc) is 2.99. The summed E-state index contributed by atoms with van der Waals surface area (Å²) in [4.78, 5) is 22.2. The molecular formula is C20H29N3O3. The van der Waals surface area contributed by atoms with Gasteiger partial charge in [-0.15, -0.1) is 0 Å². The molecule has 1 atom stereocenters. The number of carbonyl (C=O) groups excluding carboxylic acids is 1. The zero-order chi connectivity index (χ0) is 18.9. The number of hydrogen-bond donors (Lipinski definition) is 0. The number of carbonyl (C=O) groups is 1. The Hall–Kier alpha value is -1.92. The van der Waals surface area contributed by atoms with E-state index in [0.717, 1.165) is 42.9 Å². The summed E-state index contributed by atoms with van der Waals surface area (Å²) in [6, 6.07) is 5.67. The highest BCUT2D eigenvalue weighted by molar-refractivity contribution is 5.96. The molecule has 2 heterocycles. The summed E-state index contributed by atoms with van der Waals surface area (Å²) in [6.45, 7) is 8.13. The molecule has 26 heavy (non-hydrogen) atoms. The normalized spacial score (nSPS) is 18.3. The molecule has 142 valence electrons. The van der Waals surface area contributed by atoms with Crippen LogP contribution in [0.5, 0.6) is 0 Å². The summed E-state index contributed by atoms with van der Waals surface area (Å²) < 4.78 is 8.21. The number of rotatable bonds is 4. The third-order valence-corrected chi connectivity index (χ3v) is 4.89. The molecule has 1 aliphatic rings. The number of imidazole rings is 1. The smallest absolute Gasteiger partial charge is 0.277 e. The Labute approximate surface area is 155 Å². The quantitative estimate of drug-likeness (QED) is 0.784. The van der Waals surface area contributed by atoms with E-state index in [1.165, 1.54) is 18.6 Å². The molecule has 6 nitrogen and oxygen atoms in total. The lowest BCUT2D eigenvalue weighted by atomic mass is 9.95. The molecule has 1 saturated heterocycles. The largest absolute Gasteiger partial charge is 0.376 e. The van der Waals surface area contributed by atoms with Crippen molar-refractivity contribution in [1.29, 1.82) is 0 Å². The van der Waals surface area contributed by atoms with Gasteiger partial charge in [-0.1, -0.05) is 20.8 Å². The maximum absolute atomic E-state index is 12.4. The van der Waals surface area contributed by atoms with E-state index in [9.17, 15) is 4.79 Å². The van der Waals surface area contributed by atoms with Crippen molar-refractivity contribution in [2.45, 2.75) is 58.1 Å². The van der Waals surface area contributed by atoms with Crippen LogP contribution in [0.2, 0.25) is 0 Å². The summed E-state index contributed by atoms with van der Waals surface area (Å²) >= 11 is 0. The molecule has 0 spiro atoms. The number of nitrogens with zero attached hydrogens (tertiary/aromatic N) is 3. The van der Waals surface area contributed by atoms with Gasteiger partial charge in [0.15, 0.2) is 0 Å². The number of benzene rings is 1. The van der Waals surface area contributed by atoms with E-state index in [1.54, 1.807) is 7.05 Å². The Morgan fingerprint density at radius 3 is 2.77 bits per heavy atom. The molecule has 0 bridgehead atoms. The predicted octanol–water partition coefficient (Wildman–Crippen LogP) is 3.54. The molecule has 0 aliphatic carbocycles. The standard InChI is InChI=1S/C20H29N3O3/c1-20(2,3)19-21-16-12-14(18(24)22(4)25-5)9-10-17(16)23(19)13-15-8-6-7-11-26-15/h9-10,12,15H,6-8,11,13H2,1-5H3. The third-order valence-electron chi connectivity index (χ3n) is 4.89. The summed E-state index contributed by atoms with van der Waals surface area (Å²) in [5, 5.41) is 1.22. The maximum atomic E-state index is 12.4. The molecular weight excluding hydrogens is 330 g/mol. The van der Waals surface area contributed by atoms with Crippen molar-refractivity contribution in [1.82, 2.24) is 14.6 Å². The third kappa shape index (κ3) is 3.76. The summed E-state index contributed by atoms with van der Waals surface area (Å²) in [5.41, 5.74) is 2.35. The van der Waals surface area contributed by atoms with Crippen molar-refractivity contribution < 1.29 is 14.4 Å². The molecule has 0 saturated carbocycles. The molecule has 1 amide bonds. The van der Waals surface area contributed by atoms with Crippen LogP contribution < -0.4 is 0 Å². The Morgan fingerprint density at radius 1 is 1.38 bits per heavy atom. The number of ether oxygens (including phenoxy) is 1. The van der Waals surface area contributed by atoms with Crippen LogP contribution in [-0.4, -0.2) is 47.4 Å². The van der Waals surface area contributed by atoms with Gasteiger partial charge in [0.25, 0.3) is 5.91 Å². The zero-order valence-electron chi connectivity index (χ0n) is 16.4. The highest BCUT2D eigenvalue weighted by Crippen LogP contribution is 2.29. The monoisotopic (exact) mass is 359 g/mol. The lowest BCUT2D eigenvalue weighted by Crippen LogP contribution is -2.28. The van der Waals surface area contributed by atoms with Gasteiger partial charge >= 0.3 is 0 Å². The van der Waals surface area contributed by atoms with Gasteiger partial charge in [-0.3, -0.25) is 9.63 Å². The van der Waals surface area contributed by atoms with Gasteiger partial charge in [-0.05, 0) is 37.5 Å². The van der Waals surface area contributed by atoms with Gasteiger partial charge < -0.3 is 9.30 Å². The van der Waals surface area contributed by atoms with Gasteiger partial charge in [-0.2, -0.15) is 0 Å². The fourth-order valence-corrected chi connectivity index (χ4v) is 3.44. The van der Waals surface area contributed by atoms with Crippen molar-refractivity contribution in [3.63, 3.8) is 0 Å². The van der Waals surface area contributed by atoms with Crippen molar-refractivity contribution in [2.75, 3.05) is 20.8 Å². The number of aromatic nitrogens is 2. The zero-order valence-corrected chi connectivity index (χ0v) is 16.4. The Morgan fingerprint density at radius 2 is 2.15 bits per heavy atom. The van der Waals surface area contributed by atoms with Crippen LogP contribution in [0.1, 0.15) is 56.2 Å². The van der Waals surface area contributed by atoms with E-state index in [1.807, 2.05) is 18.2 Å². The van der Waals surface area contributed by atoms with Crippen LogP contribution in [0.3, 0.4) is 0 Å². The number of hydroxylamine groups is 2. The predicted molar refractivity (Wildman–Crippen MR) is 101 cm³/mol. The minimum absolute atomic E-state index is 0.0961. The highest BCUT2D eigenvalue weighted by atomic mass is 16.7. The number of amides is 1. The minimum Gasteiger partial charge on any atom is -0.376 e. The first kappa shape index (κ1) is 18.9. The Bertz CT molecular complexity index is 785. The lowest BCUT2D eigenvalue weighted by molar-refractivity contribution is -0.0756. The van der Waals surface area contributed by atoms with Crippen LogP contribution >= 0.6 is 0 Å². The van der Waals surface area contributed by atoms with Crippen LogP contribution in [-0.2, 0) is 21.5 Å². The van der Waals surface area contributed by atoms with Crippen LogP contribution in [0.4, 0.5) is 0 Å². The SMILES string of the molecule is CON(C)C(=O)c1ccc2c(c1)nc(C(C)(C)C)n2CC1CCCCO1. The molecule has 0 N–H and O–H groups in total. The molecule has 0 radical (unpaired) electrons. The van der Waals surface area contributed by atoms with Gasteiger partial charge in [0.05, 0.1) is 30.8 Å². The molecule has 1 aromatic carbocycles. The first-order valence-corrected chi connectivity index (χ1v) is 9.26. The fourth-order valence-electron chi connectivity index (χ4n) is 3.44. The topological polar surface area (TPSA) is 56.6 Å². The van der Waals surface area contributed by atoms with Crippen molar-refractivity contribution in [3.8, 4) is 0 Å². The lowest BCUT2D eigenvalue weighted by Gasteiger charge is -2.26. The van der Waals surface area contributed by atoms with Gasteiger partial charge in [0, 0.05) is 24.6 Å². The first-order valence-electron chi connectivity index (χ1n) is 9.26. The summed E-state index contributed by atoms with van der Waals surface area (Å²) in [6.07, 6.45) is 3.66. The molecule has 1 aliphatic heterocycles. The number of fused-ring (bicyclic) bond motifs is 1. The first-order chi connectivity index (χ1) is 12.3. The van der Waals surface area contributed by atoms with Gasteiger partial charge in [-0.25, -0.2) is 10.0 Å². The second kappa shape index (κ2) is 7.37. The molecule has 3 rings (SSSR count). The van der Waals surface area contributed by atoms with Crippen molar-refractivity contribution in [3.05, 3.63) is 29.6 Å². The molecule has 1 aromatic heterocycles. The van der Waals surface area contributed by atoms with E-state index in [0.29, 0.717) is 5.56 Å². The van der Waals surface area contributed by atoms with Gasteiger partial charge in [0.2, 0.25) is 0 Å². The van der Waals surface area contributed by atoms with E-state index < -0.39 is 0 Å². The minimum atomic E-state index is -0.183. The fraction of sp³-hybridized carbons (Fsp3) is 0.600. The second-order valence-electron chi connectivity index (χ2n) is 7.97. The molecule has 2 aromatic rings. The molecule has 1 fully saturated rings. The maximum Gasteiger partial charge on any atom is 0.277 e. The summed E-state index contributed by atoms with van der Waals surface area (Å²) in [5.74, 6) is 0.836. The molecule has 1 unspecified atom stereocenters. The van der Waals surface area contributed by atoms with E-state index >= 15 is 0 Å². The van der Waals surface area contributed by atoms with Crippen LogP contribution in [0.25, 0.3) is 11.0 Å². The van der Waals surface area contributed by atoms with Crippen LogP contribution in [0.15, 0.2) is 18.2 Å². The van der Waals surface area contributed by atoms with E-state index in [2.05, 4.69) is 25.3 Å². The molecule has 6 heteroatoms. The van der Waals surface area contributed by atoms with E-state index in [4.69, 9.17) is 14.6 Å². The van der Waals surface area contributed by atoms with E-state index in [-0.39, 0.29) is 17.4 Å². The Balaban J connectivity index is 2.02. The summed E-state index contributed by atoms with van der Waals surface area (Å²) in [7, 11) is 3.08. The second-order valence-corrected chi connectivity index (χ2v) is 7.97. The highest BCUT2D eigenvalue weighted by Gasteiger charge is 2.26. The number of hydrogen-bond acceptors (Lipinski definition) is 4. The van der Waals surface area contributed by atoms with Gasteiger partial charge in [0.1, 0.15) is 5.82 Å².